The topological polar surface area (TPSA) is 150 Å². The number of hydrogen-bond acceptors (Lipinski definition) is 11. The second-order valence-corrected chi connectivity index (χ2v) is 5.25. The number of non-ortho nitro benzene ring substituents is 1. The molecule has 0 aromatic heterocycles. The molecule has 136 valence electrons. The van der Waals surface area contributed by atoms with Gasteiger partial charge in [-0.05, 0) is 12.1 Å². The molecule has 25 heavy (non-hydrogen) atoms. The van der Waals surface area contributed by atoms with Crippen LogP contribution in [0.2, 0.25) is 0 Å². The van der Waals surface area contributed by atoms with Crippen molar-refractivity contribution in [2.45, 2.75) is 24.4 Å². The van der Waals surface area contributed by atoms with E-state index in [2.05, 4.69) is 4.84 Å². The second-order valence-electron chi connectivity index (χ2n) is 5.25. The lowest BCUT2D eigenvalue weighted by Crippen LogP contribution is -2.37. The van der Waals surface area contributed by atoms with Crippen molar-refractivity contribution in [3.8, 4) is 5.75 Å². The first-order valence-corrected chi connectivity index (χ1v) is 7.15. The fourth-order valence-corrected chi connectivity index (χ4v) is 2.62. The van der Waals surface area contributed by atoms with Gasteiger partial charge in [-0.25, -0.2) is 9.63 Å². The van der Waals surface area contributed by atoms with Crippen LogP contribution in [-0.4, -0.2) is 64.5 Å². The Labute approximate surface area is 140 Å². The van der Waals surface area contributed by atoms with E-state index in [1.807, 2.05) is 0 Å². The largest absolute Gasteiger partial charge is 0.514 e. The molecule has 1 aromatic rings. The van der Waals surface area contributed by atoms with Gasteiger partial charge in [0.15, 0.2) is 6.10 Å². The van der Waals surface area contributed by atoms with Gasteiger partial charge in [-0.2, -0.15) is 0 Å². The Kier molecular flexibility index (Phi) is 5.08. The summed E-state index contributed by atoms with van der Waals surface area (Å²) in [7, 11) is 0. The SMILES string of the molecule is O=C(Oc1ccc([N+](=O)[O-])cc1)O[C@H]1CO[C@H]2[C@@H]1OC[C@@H]2ON(O)O. The Balaban J connectivity index is 1.53. The fraction of sp³-hybridized carbons (Fsp3) is 0.462. The molecule has 0 radical (unpaired) electrons. The molecule has 0 spiro atoms. The van der Waals surface area contributed by atoms with Crippen LogP contribution in [0.1, 0.15) is 0 Å². The predicted octanol–water partition coefficient (Wildman–Crippen LogP) is 0.657. The van der Waals surface area contributed by atoms with Crippen molar-refractivity contribution in [2.75, 3.05) is 13.2 Å². The highest BCUT2D eigenvalue weighted by Crippen LogP contribution is 2.31. The molecule has 4 atom stereocenters. The number of nitrogens with zero attached hydrogens (tertiary/aromatic N) is 2. The number of ether oxygens (including phenoxy) is 4. The molecule has 2 aliphatic rings. The Morgan fingerprint density at radius 1 is 1.16 bits per heavy atom. The molecule has 2 fully saturated rings. The van der Waals surface area contributed by atoms with Crippen LogP contribution in [-0.2, 0) is 19.0 Å². The van der Waals surface area contributed by atoms with E-state index in [4.69, 9.17) is 29.4 Å². The lowest BCUT2D eigenvalue weighted by molar-refractivity contribution is -0.507. The first-order valence-electron chi connectivity index (χ1n) is 7.15. The molecule has 0 aliphatic carbocycles. The zero-order valence-corrected chi connectivity index (χ0v) is 12.6. The van der Waals surface area contributed by atoms with Gasteiger partial charge in [-0.15, -0.1) is 0 Å². The Hall–Kier alpha value is -2.35. The minimum absolute atomic E-state index is 0.0153. The van der Waals surface area contributed by atoms with Crippen LogP contribution in [0.3, 0.4) is 0 Å². The molecule has 1 aromatic carbocycles. The zero-order valence-electron chi connectivity index (χ0n) is 12.6. The van der Waals surface area contributed by atoms with Crippen molar-refractivity contribution < 1.29 is 43.9 Å². The van der Waals surface area contributed by atoms with Crippen LogP contribution < -0.4 is 4.74 Å². The van der Waals surface area contributed by atoms with Gasteiger partial charge in [-0.1, -0.05) is 0 Å². The van der Waals surface area contributed by atoms with E-state index in [9.17, 15) is 14.9 Å². The first kappa shape index (κ1) is 17.5. The summed E-state index contributed by atoms with van der Waals surface area (Å²) >= 11 is 0. The number of nitro groups is 1. The lowest BCUT2D eigenvalue weighted by Gasteiger charge is -2.17. The van der Waals surface area contributed by atoms with Crippen molar-refractivity contribution in [1.29, 1.82) is 0 Å². The van der Waals surface area contributed by atoms with Crippen LogP contribution in [0.5, 0.6) is 5.75 Å². The van der Waals surface area contributed by atoms with E-state index < -0.39 is 40.9 Å². The van der Waals surface area contributed by atoms with Gasteiger partial charge in [0.05, 0.1) is 23.5 Å². The maximum Gasteiger partial charge on any atom is 0.514 e. The minimum atomic E-state index is -1.03. The number of hydrogen-bond donors (Lipinski definition) is 2. The molecule has 12 nitrogen and oxygen atoms in total. The quantitative estimate of drug-likeness (QED) is 0.330. The smallest absolute Gasteiger partial charge is 0.425 e. The lowest BCUT2D eigenvalue weighted by atomic mass is 10.1. The Morgan fingerprint density at radius 2 is 1.76 bits per heavy atom. The maximum absolute atomic E-state index is 11.8. The third-order valence-corrected chi connectivity index (χ3v) is 3.69. The van der Waals surface area contributed by atoms with Gasteiger partial charge in [0.25, 0.3) is 5.69 Å². The van der Waals surface area contributed by atoms with E-state index in [0.29, 0.717) is 0 Å². The number of carbonyl (C=O) groups excluding carboxylic acids is 1. The average molecular weight is 358 g/mol. The van der Waals surface area contributed by atoms with Crippen molar-refractivity contribution >= 4 is 11.8 Å². The maximum atomic E-state index is 11.8. The number of benzene rings is 1. The number of carbonyl (C=O) groups is 1. The normalized spacial score (nSPS) is 28.0. The van der Waals surface area contributed by atoms with Gasteiger partial charge in [0.1, 0.15) is 24.1 Å². The van der Waals surface area contributed by atoms with Gasteiger partial charge in [-0.3, -0.25) is 20.5 Å². The third kappa shape index (κ3) is 4.01. The second kappa shape index (κ2) is 7.26. The van der Waals surface area contributed by atoms with E-state index in [1.165, 1.54) is 24.3 Å². The molecule has 0 amide bonds. The van der Waals surface area contributed by atoms with Gasteiger partial charge in [0.2, 0.25) is 0 Å². The molecule has 2 aliphatic heterocycles. The minimum Gasteiger partial charge on any atom is -0.425 e. The summed E-state index contributed by atoms with van der Waals surface area (Å²) in [6.45, 7) is 0.0334. The summed E-state index contributed by atoms with van der Waals surface area (Å²) < 4.78 is 20.8. The van der Waals surface area contributed by atoms with E-state index >= 15 is 0 Å². The highest BCUT2D eigenvalue weighted by Gasteiger charge is 2.51. The van der Waals surface area contributed by atoms with Crippen molar-refractivity contribution in [1.82, 2.24) is 5.39 Å². The van der Waals surface area contributed by atoms with E-state index in [0.717, 1.165) is 0 Å². The van der Waals surface area contributed by atoms with Crippen molar-refractivity contribution in [3.05, 3.63) is 34.4 Å². The molecule has 2 heterocycles. The highest BCUT2D eigenvalue weighted by molar-refractivity contribution is 5.64. The zero-order chi connectivity index (χ0) is 18.0. The molecule has 2 saturated heterocycles. The molecular weight excluding hydrogens is 344 g/mol. The van der Waals surface area contributed by atoms with Crippen molar-refractivity contribution in [2.24, 2.45) is 0 Å². The molecule has 0 saturated carbocycles. The van der Waals surface area contributed by atoms with Gasteiger partial charge >= 0.3 is 6.16 Å². The molecule has 2 N–H and O–H groups in total. The average Bonchev–Trinajstić information content (AvgIpc) is 3.11. The Morgan fingerprint density at radius 3 is 2.36 bits per heavy atom. The molecule has 3 rings (SSSR count). The van der Waals surface area contributed by atoms with E-state index in [-0.39, 0.29) is 24.7 Å². The van der Waals surface area contributed by atoms with Crippen LogP contribution in [0.25, 0.3) is 0 Å². The summed E-state index contributed by atoms with van der Waals surface area (Å²) in [4.78, 5) is 26.5. The number of nitro benzene ring substituents is 1. The summed E-state index contributed by atoms with van der Waals surface area (Å²) in [5, 5.41) is 27.5. The number of fused-ring (bicyclic) bond motifs is 1. The first-order chi connectivity index (χ1) is 11.9. The summed E-state index contributed by atoms with van der Waals surface area (Å²) in [6.07, 6.45) is -3.84. The molecule has 12 heteroatoms. The van der Waals surface area contributed by atoms with Gasteiger partial charge < -0.3 is 18.9 Å². The van der Waals surface area contributed by atoms with Crippen molar-refractivity contribution in [3.63, 3.8) is 0 Å². The summed E-state index contributed by atoms with van der Waals surface area (Å²) in [5.74, 6) is 0.0795. The third-order valence-electron chi connectivity index (χ3n) is 3.69. The van der Waals surface area contributed by atoms with Crippen LogP contribution in [0.15, 0.2) is 24.3 Å². The van der Waals surface area contributed by atoms with E-state index in [1.54, 1.807) is 0 Å². The summed E-state index contributed by atoms with van der Waals surface area (Å²) in [6, 6.07) is 4.91. The van der Waals surface area contributed by atoms with Crippen LogP contribution in [0.4, 0.5) is 10.5 Å². The molecule has 0 unspecified atom stereocenters. The number of rotatable bonds is 5. The monoisotopic (exact) mass is 358 g/mol. The standard InChI is InChI=1S/C13H14N2O10/c16-13(23-8-3-1-7(2-4-8)14(17)18)24-9-5-21-12-10(25-15(19)20)6-22-11(9)12/h1-4,9-12,19-20H,5-6H2/t9-,10-,11+,12+/m0/s1. The molecule has 0 bridgehead atoms. The summed E-state index contributed by atoms with van der Waals surface area (Å²) in [5.41, 5.74) is -0.139. The fourth-order valence-electron chi connectivity index (χ4n) is 2.62. The van der Waals surface area contributed by atoms with Crippen LogP contribution in [0, 0.1) is 10.1 Å². The van der Waals surface area contributed by atoms with Gasteiger partial charge in [0, 0.05) is 12.1 Å². The Bertz CT molecular complexity index is 636. The predicted molar refractivity (Wildman–Crippen MR) is 73.8 cm³/mol. The highest BCUT2D eigenvalue weighted by atomic mass is 17.1. The van der Waals surface area contributed by atoms with Crippen LogP contribution >= 0.6 is 0 Å². The molecular formula is C13H14N2O10.